The molecule has 2 heterocycles. The van der Waals surface area contributed by atoms with Crippen LogP contribution >= 0.6 is 0 Å². The Kier molecular flexibility index (Phi) is 4.57. The van der Waals surface area contributed by atoms with Crippen molar-refractivity contribution in [3.05, 3.63) is 42.2 Å². The minimum Gasteiger partial charge on any atom is -0.481 e. The second-order valence-corrected chi connectivity index (χ2v) is 5.78. The average molecular weight is 330 g/mol. The maximum absolute atomic E-state index is 12.3. The van der Waals surface area contributed by atoms with E-state index in [9.17, 15) is 14.7 Å². The van der Waals surface area contributed by atoms with Crippen LogP contribution in [0.5, 0.6) is 0 Å². The molecule has 1 aliphatic rings. The van der Waals surface area contributed by atoms with Gasteiger partial charge in [-0.05, 0) is 37.1 Å². The first-order valence-electron chi connectivity index (χ1n) is 7.67. The van der Waals surface area contributed by atoms with Gasteiger partial charge in [0.05, 0.1) is 23.5 Å². The monoisotopic (exact) mass is 330 g/mol. The molecule has 8 nitrogen and oxygen atoms in total. The molecular formula is C16H18N4O4. The van der Waals surface area contributed by atoms with Crippen LogP contribution in [0.25, 0.3) is 5.69 Å². The van der Waals surface area contributed by atoms with Crippen molar-refractivity contribution in [2.45, 2.75) is 12.8 Å². The van der Waals surface area contributed by atoms with Crippen molar-refractivity contribution in [3.63, 3.8) is 0 Å². The van der Waals surface area contributed by atoms with Crippen LogP contribution in [0, 0.1) is 5.41 Å². The van der Waals surface area contributed by atoms with Gasteiger partial charge in [-0.15, -0.1) is 5.10 Å². The van der Waals surface area contributed by atoms with Gasteiger partial charge in [-0.2, -0.15) is 0 Å². The molecule has 0 aliphatic carbocycles. The highest BCUT2D eigenvalue weighted by molar-refractivity contribution is 5.94. The van der Waals surface area contributed by atoms with Crippen LogP contribution in [-0.4, -0.2) is 51.7 Å². The highest BCUT2D eigenvalue weighted by Crippen LogP contribution is 2.30. The molecule has 2 N–H and O–H groups in total. The highest BCUT2D eigenvalue weighted by Gasteiger charge is 2.40. The van der Waals surface area contributed by atoms with Crippen LogP contribution in [-0.2, 0) is 9.53 Å². The first-order chi connectivity index (χ1) is 11.6. The summed E-state index contributed by atoms with van der Waals surface area (Å²) >= 11 is 0. The van der Waals surface area contributed by atoms with Crippen LogP contribution in [0.1, 0.15) is 23.2 Å². The normalized spacial score (nSPS) is 16.5. The Morgan fingerprint density at radius 3 is 2.54 bits per heavy atom. The molecule has 1 saturated heterocycles. The Bertz CT molecular complexity index is 706. The quantitative estimate of drug-likeness (QED) is 0.843. The van der Waals surface area contributed by atoms with E-state index in [1.807, 2.05) is 0 Å². The van der Waals surface area contributed by atoms with Crippen molar-refractivity contribution >= 4 is 11.9 Å². The number of carbonyl (C=O) groups excluding carboxylic acids is 1. The largest absolute Gasteiger partial charge is 0.481 e. The lowest BCUT2D eigenvalue weighted by Crippen LogP contribution is -2.46. The Labute approximate surface area is 138 Å². The number of benzene rings is 1. The van der Waals surface area contributed by atoms with Crippen LogP contribution < -0.4 is 5.32 Å². The molecule has 1 amide bonds. The number of nitrogens with zero attached hydrogens (tertiary/aromatic N) is 3. The second kappa shape index (κ2) is 6.79. The highest BCUT2D eigenvalue weighted by atomic mass is 16.5. The molecule has 3 rings (SSSR count). The lowest BCUT2D eigenvalue weighted by atomic mass is 9.80. The van der Waals surface area contributed by atoms with E-state index >= 15 is 0 Å². The van der Waals surface area contributed by atoms with Gasteiger partial charge in [0.2, 0.25) is 0 Å². The summed E-state index contributed by atoms with van der Waals surface area (Å²) in [4.78, 5) is 23.9. The van der Waals surface area contributed by atoms with Crippen molar-refractivity contribution < 1.29 is 19.4 Å². The third-order valence-corrected chi connectivity index (χ3v) is 4.31. The van der Waals surface area contributed by atoms with Gasteiger partial charge in [-0.3, -0.25) is 9.59 Å². The number of carbonyl (C=O) groups is 2. The van der Waals surface area contributed by atoms with Crippen LogP contribution in [0.2, 0.25) is 0 Å². The van der Waals surface area contributed by atoms with Crippen LogP contribution in [0.3, 0.4) is 0 Å². The predicted molar refractivity (Wildman–Crippen MR) is 83.8 cm³/mol. The lowest BCUT2D eigenvalue weighted by Gasteiger charge is -2.33. The Hall–Kier alpha value is -2.74. The van der Waals surface area contributed by atoms with E-state index in [0.717, 1.165) is 5.69 Å². The molecule has 1 aromatic heterocycles. The van der Waals surface area contributed by atoms with Gasteiger partial charge in [-0.25, -0.2) is 4.68 Å². The molecular weight excluding hydrogens is 312 g/mol. The topological polar surface area (TPSA) is 106 Å². The summed E-state index contributed by atoms with van der Waals surface area (Å²) in [7, 11) is 0. The fraction of sp³-hybridized carbons (Fsp3) is 0.375. The summed E-state index contributed by atoms with van der Waals surface area (Å²) in [6.07, 6.45) is 4.07. The van der Waals surface area contributed by atoms with E-state index in [4.69, 9.17) is 4.74 Å². The molecule has 24 heavy (non-hydrogen) atoms. The van der Waals surface area contributed by atoms with Gasteiger partial charge < -0.3 is 15.2 Å². The smallest absolute Gasteiger partial charge is 0.311 e. The van der Waals surface area contributed by atoms with E-state index in [-0.39, 0.29) is 12.5 Å². The first kappa shape index (κ1) is 16.1. The first-order valence-corrected chi connectivity index (χ1v) is 7.67. The zero-order valence-corrected chi connectivity index (χ0v) is 13.0. The maximum Gasteiger partial charge on any atom is 0.311 e. The third-order valence-electron chi connectivity index (χ3n) is 4.31. The molecule has 0 unspecified atom stereocenters. The van der Waals surface area contributed by atoms with Gasteiger partial charge in [0.1, 0.15) is 0 Å². The standard InChI is InChI=1S/C16H18N4O4/c21-14(17-11-16(15(22)23)5-9-24-10-6-16)12-1-3-13(4-2-12)20-8-7-18-19-20/h1-4,7-8H,5-6,9-11H2,(H,17,21)(H,22,23). The number of carboxylic acids is 1. The molecule has 8 heteroatoms. The second-order valence-electron chi connectivity index (χ2n) is 5.78. The van der Waals surface area contributed by atoms with Gasteiger partial charge in [0.15, 0.2) is 0 Å². The van der Waals surface area contributed by atoms with E-state index in [1.165, 1.54) is 0 Å². The lowest BCUT2D eigenvalue weighted by molar-refractivity contribution is -0.154. The minimum atomic E-state index is -0.950. The summed E-state index contributed by atoms with van der Waals surface area (Å²) in [6, 6.07) is 6.85. The minimum absolute atomic E-state index is 0.0926. The molecule has 0 spiro atoms. The van der Waals surface area contributed by atoms with Gasteiger partial charge >= 0.3 is 5.97 Å². The zero-order valence-electron chi connectivity index (χ0n) is 13.0. The summed E-state index contributed by atoms with van der Waals surface area (Å²) < 4.78 is 6.81. The fourth-order valence-electron chi connectivity index (χ4n) is 2.69. The summed E-state index contributed by atoms with van der Waals surface area (Å²) in [5.41, 5.74) is 0.302. The van der Waals surface area contributed by atoms with E-state index in [2.05, 4.69) is 15.6 Å². The zero-order chi connectivity index (χ0) is 17.0. The van der Waals surface area contributed by atoms with Crippen LogP contribution in [0.4, 0.5) is 0 Å². The Balaban J connectivity index is 1.65. The van der Waals surface area contributed by atoms with Crippen molar-refractivity contribution in [2.24, 2.45) is 5.41 Å². The average Bonchev–Trinajstić information content (AvgIpc) is 3.15. The number of rotatable bonds is 5. The van der Waals surface area contributed by atoms with Gasteiger partial charge in [0.25, 0.3) is 5.91 Å². The molecule has 1 fully saturated rings. The van der Waals surface area contributed by atoms with Crippen molar-refractivity contribution in [3.8, 4) is 5.69 Å². The molecule has 0 saturated carbocycles. The van der Waals surface area contributed by atoms with E-state index in [0.29, 0.717) is 31.6 Å². The maximum atomic E-state index is 12.3. The molecule has 0 bridgehead atoms. The van der Waals surface area contributed by atoms with E-state index < -0.39 is 11.4 Å². The number of hydrogen-bond donors (Lipinski definition) is 2. The molecule has 1 aromatic carbocycles. The Morgan fingerprint density at radius 2 is 1.96 bits per heavy atom. The number of hydrogen-bond acceptors (Lipinski definition) is 5. The number of ether oxygens (including phenoxy) is 1. The number of aliphatic carboxylic acids is 1. The molecule has 126 valence electrons. The van der Waals surface area contributed by atoms with Crippen molar-refractivity contribution in [2.75, 3.05) is 19.8 Å². The summed E-state index contributed by atoms with van der Waals surface area (Å²) in [5.74, 6) is -1.19. The van der Waals surface area contributed by atoms with Crippen molar-refractivity contribution in [1.29, 1.82) is 0 Å². The summed E-state index contributed by atoms with van der Waals surface area (Å²) in [5, 5.41) is 19.8. The number of amides is 1. The molecule has 0 atom stereocenters. The molecule has 2 aromatic rings. The van der Waals surface area contributed by atoms with Gasteiger partial charge in [-0.1, -0.05) is 5.21 Å². The number of carboxylic acid groups (broad SMARTS) is 1. The van der Waals surface area contributed by atoms with Crippen molar-refractivity contribution in [1.82, 2.24) is 20.3 Å². The SMILES string of the molecule is O=C(NCC1(C(=O)O)CCOCC1)c1ccc(-n2ccnn2)cc1. The number of aromatic nitrogens is 3. The van der Waals surface area contributed by atoms with E-state index in [1.54, 1.807) is 41.3 Å². The summed E-state index contributed by atoms with van der Waals surface area (Å²) in [6.45, 7) is 0.888. The van der Waals surface area contributed by atoms with Crippen LogP contribution in [0.15, 0.2) is 36.7 Å². The molecule has 1 aliphatic heterocycles. The number of nitrogens with one attached hydrogen (secondary N) is 1. The fourth-order valence-corrected chi connectivity index (χ4v) is 2.69. The van der Waals surface area contributed by atoms with Gasteiger partial charge in [0, 0.05) is 25.3 Å². The molecule has 0 radical (unpaired) electrons. The third kappa shape index (κ3) is 3.28. The Morgan fingerprint density at radius 1 is 1.25 bits per heavy atom. The predicted octanol–water partition coefficient (Wildman–Crippen LogP) is 0.878.